The normalized spacial score (nSPS) is 10.5. The van der Waals surface area contributed by atoms with Crippen molar-refractivity contribution < 1.29 is 14.0 Å². The molecule has 0 bridgehead atoms. The number of carbonyl (C=O) groups excluding carboxylic acids is 2. The maximum atomic E-state index is 12.3. The molecule has 2 N–H and O–H groups in total. The summed E-state index contributed by atoms with van der Waals surface area (Å²) in [5.41, 5.74) is 2.91. The summed E-state index contributed by atoms with van der Waals surface area (Å²) in [7, 11) is 1.57. The van der Waals surface area contributed by atoms with E-state index in [1.165, 1.54) is 0 Å². The summed E-state index contributed by atoms with van der Waals surface area (Å²) in [5, 5.41) is 6.19. The molecule has 0 saturated carbocycles. The highest BCUT2D eigenvalue weighted by Crippen LogP contribution is 2.21. The van der Waals surface area contributed by atoms with Gasteiger partial charge in [-0.3, -0.25) is 9.59 Å². The molecule has 2 aromatic carbocycles. The molecule has 1 aromatic heterocycles. The highest BCUT2D eigenvalue weighted by molar-refractivity contribution is 6.05. The minimum Gasteiger partial charge on any atom is -0.451 e. The van der Waals surface area contributed by atoms with Crippen LogP contribution in [0, 0.1) is 6.92 Å². The molecular formula is C18H16N2O3. The Hall–Kier alpha value is -3.08. The van der Waals surface area contributed by atoms with Gasteiger partial charge in [0.05, 0.1) is 0 Å². The monoisotopic (exact) mass is 308 g/mol. The summed E-state index contributed by atoms with van der Waals surface area (Å²) in [6.07, 6.45) is 0. The van der Waals surface area contributed by atoms with E-state index in [1.807, 2.05) is 25.1 Å². The molecule has 5 heteroatoms. The van der Waals surface area contributed by atoms with Crippen molar-refractivity contribution in [2.24, 2.45) is 0 Å². The van der Waals surface area contributed by atoms with Crippen molar-refractivity contribution in [1.82, 2.24) is 5.32 Å². The molecule has 0 spiro atoms. The van der Waals surface area contributed by atoms with E-state index in [4.69, 9.17) is 4.42 Å². The van der Waals surface area contributed by atoms with Crippen molar-refractivity contribution in [3.05, 3.63) is 65.4 Å². The van der Waals surface area contributed by atoms with Crippen molar-refractivity contribution in [2.45, 2.75) is 6.92 Å². The molecule has 0 aliphatic carbocycles. The lowest BCUT2D eigenvalue weighted by molar-refractivity contribution is 0.0962. The smallest absolute Gasteiger partial charge is 0.291 e. The standard InChI is InChI=1S/C18H16N2O3/c1-11-3-8-15-13(9-11)10-16(23-15)18(22)20-14-6-4-12(5-7-14)17(21)19-2/h3-10H,1-2H3,(H,19,21)(H,20,22). The van der Waals surface area contributed by atoms with Crippen LogP contribution in [0.4, 0.5) is 5.69 Å². The van der Waals surface area contributed by atoms with Crippen LogP contribution in [0.1, 0.15) is 26.5 Å². The van der Waals surface area contributed by atoms with E-state index in [-0.39, 0.29) is 17.6 Å². The molecule has 116 valence electrons. The maximum Gasteiger partial charge on any atom is 0.291 e. The van der Waals surface area contributed by atoms with Gasteiger partial charge < -0.3 is 15.1 Å². The third kappa shape index (κ3) is 3.08. The number of aryl methyl sites for hydroxylation is 1. The minimum atomic E-state index is -0.327. The molecule has 0 radical (unpaired) electrons. The number of furan rings is 1. The molecule has 0 fully saturated rings. The van der Waals surface area contributed by atoms with Crippen molar-refractivity contribution in [3.8, 4) is 0 Å². The molecule has 3 aromatic rings. The summed E-state index contributed by atoms with van der Waals surface area (Å²) in [6, 6.07) is 14.1. The second kappa shape index (κ2) is 5.96. The summed E-state index contributed by atoms with van der Waals surface area (Å²) in [5.74, 6) is -0.247. The first kappa shape index (κ1) is 14.8. The molecule has 0 aliphatic rings. The van der Waals surface area contributed by atoms with Gasteiger partial charge in [-0.25, -0.2) is 0 Å². The predicted octanol–water partition coefficient (Wildman–Crippen LogP) is 3.35. The Morgan fingerprint density at radius 1 is 0.957 bits per heavy atom. The average Bonchev–Trinajstić information content (AvgIpc) is 2.98. The second-order valence-electron chi connectivity index (χ2n) is 5.26. The van der Waals surface area contributed by atoms with Crippen LogP contribution < -0.4 is 10.6 Å². The van der Waals surface area contributed by atoms with E-state index in [9.17, 15) is 9.59 Å². The topological polar surface area (TPSA) is 71.3 Å². The molecule has 23 heavy (non-hydrogen) atoms. The molecule has 3 rings (SSSR count). The van der Waals surface area contributed by atoms with E-state index in [0.717, 1.165) is 10.9 Å². The number of carbonyl (C=O) groups is 2. The Labute approximate surface area is 133 Å². The van der Waals surface area contributed by atoms with Crippen LogP contribution in [0.5, 0.6) is 0 Å². The van der Waals surface area contributed by atoms with Crippen molar-refractivity contribution in [1.29, 1.82) is 0 Å². The van der Waals surface area contributed by atoms with Crippen LogP contribution in [0.25, 0.3) is 11.0 Å². The van der Waals surface area contributed by atoms with Crippen molar-refractivity contribution >= 4 is 28.5 Å². The van der Waals surface area contributed by atoms with Crippen LogP contribution in [0.3, 0.4) is 0 Å². The van der Waals surface area contributed by atoms with Gasteiger partial charge in [0.1, 0.15) is 5.58 Å². The first-order valence-corrected chi connectivity index (χ1v) is 7.20. The Morgan fingerprint density at radius 3 is 2.39 bits per heavy atom. The number of rotatable bonds is 3. The molecule has 0 saturated heterocycles. The van der Waals surface area contributed by atoms with Crippen molar-refractivity contribution in [3.63, 3.8) is 0 Å². The van der Waals surface area contributed by atoms with Gasteiger partial charge in [-0.05, 0) is 49.4 Å². The van der Waals surface area contributed by atoms with E-state index < -0.39 is 0 Å². The third-order valence-electron chi connectivity index (χ3n) is 3.53. The number of fused-ring (bicyclic) bond motifs is 1. The molecule has 5 nitrogen and oxygen atoms in total. The lowest BCUT2D eigenvalue weighted by Crippen LogP contribution is -2.17. The average molecular weight is 308 g/mol. The first-order chi connectivity index (χ1) is 11.1. The van der Waals surface area contributed by atoms with Crippen LogP contribution in [-0.4, -0.2) is 18.9 Å². The maximum absolute atomic E-state index is 12.3. The van der Waals surface area contributed by atoms with Gasteiger partial charge in [-0.15, -0.1) is 0 Å². The number of benzene rings is 2. The molecule has 0 aliphatic heterocycles. The minimum absolute atomic E-state index is 0.171. The Bertz CT molecular complexity index is 879. The Kier molecular flexibility index (Phi) is 3.85. The lowest BCUT2D eigenvalue weighted by Gasteiger charge is -2.04. The van der Waals surface area contributed by atoms with E-state index in [2.05, 4.69) is 10.6 Å². The lowest BCUT2D eigenvalue weighted by atomic mass is 10.2. The number of anilines is 1. The zero-order valence-electron chi connectivity index (χ0n) is 12.8. The van der Waals surface area contributed by atoms with Crippen LogP contribution in [0.15, 0.2) is 52.9 Å². The summed E-state index contributed by atoms with van der Waals surface area (Å²) < 4.78 is 5.56. The van der Waals surface area contributed by atoms with E-state index in [0.29, 0.717) is 16.8 Å². The van der Waals surface area contributed by atoms with Gasteiger partial charge in [0, 0.05) is 23.7 Å². The highest BCUT2D eigenvalue weighted by atomic mass is 16.3. The number of hydrogen-bond acceptors (Lipinski definition) is 3. The summed E-state index contributed by atoms with van der Waals surface area (Å²) in [4.78, 5) is 23.7. The zero-order valence-corrected chi connectivity index (χ0v) is 12.8. The SMILES string of the molecule is CNC(=O)c1ccc(NC(=O)c2cc3cc(C)ccc3o2)cc1. The van der Waals surface area contributed by atoms with E-state index in [1.54, 1.807) is 37.4 Å². The number of amides is 2. The zero-order chi connectivity index (χ0) is 16.4. The number of nitrogens with one attached hydrogen (secondary N) is 2. The van der Waals surface area contributed by atoms with Gasteiger partial charge in [0.2, 0.25) is 0 Å². The molecule has 2 amide bonds. The Balaban J connectivity index is 1.78. The van der Waals surface area contributed by atoms with Gasteiger partial charge >= 0.3 is 0 Å². The fourth-order valence-electron chi connectivity index (χ4n) is 2.32. The molecule has 0 atom stereocenters. The highest BCUT2D eigenvalue weighted by Gasteiger charge is 2.13. The first-order valence-electron chi connectivity index (χ1n) is 7.20. The molecule has 1 heterocycles. The van der Waals surface area contributed by atoms with Gasteiger partial charge in [0.15, 0.2) is 5.76 Å². The second-order valence-corrected chi connectivity index (χ2v) is 5.26. The van der Waals surface area contributed by atoms with Crippen LogP contribution in [-0.2, 0) is 0 Å². The molecule has 0 unspecified atom stereocenters. The fraction of sp³-hybridized carbons (Fsp3) is 0.111. The predicted molar refractivity (Wildman–Crippen MR) is 88.7 cm³/mol. The van der Waals surface area contributed by atoms with Crippen LogP contribution in [0.2, 0.25) is 0 Å². The van der Waals surface area contributed by atoms with E-state index >= 15 is 0 Å². The fourth-order valence-corrected chi connectivity index (χ4v) is 2.32. The van der Waals surface area contributed by atoms with Gasteiger partial charge in [-0.1, -0.05) is 11.6 Å². The summed E-state index contributed by atoms with van der Waals surface area (Å²) >= 11 is 0. The third-order valence-corrected chi connectivity index (χ3v) is 3.53. The van der Waals surface area contributed by atoms with Gasteiger partial charge in [0.25, 0.3) is 11.8 Å². The quantitative estimate of drug-likeness (QED) is 0.779. The van der Waals surface area contributed by atoms with Crippen LogP contribution >= 0.6 is 0 Å². The largest absolute Gasteiger partial charge is 0.451 e. The number of hydrogen-bond donors (Lipinski definition) is 2. The van der Waals surface area contributed by atoms with Crippen molar-refractivity contribution in [2.75, 3.05) is 12.4 Å². The Morgan fingerprint density at radius 2 is 1.70 bits per heavy atom. The summed E-state index contributed by atoms with van der Waals surface area (Å²) in [6.45, 7) is 1.99. The molecular weight excluding hydrogens is 292 g/mol. The van der Waals surface area contributed by atoms with Gasteiger partial charge in [-0.2, -0.15) is 0 Å².